The molecule has 0 aliphatic carbocycles. The summed E-state index contributed by atoms with van der Waals surface area (Å²) in [6.07, 6.45) is 1.24. The summed E-state index contributed by atoms with van der Waals surface area (Å²) in [6, 6.07) is 10.5. The molecular formula is C16H13ClFN3O2S. The molecule has 1 heterocycles. The van der Waals surface area contributed by atoms with Crippen LogP contribution in [0, 0.1) is 5.82 Å². The Labute approximate surface area is 143 Å². The van der Waals surface area contributed by atoms with E-state index in [0.29, 0.717) is 16.2 Å². The van der Waals surface area contributed by atoms with Gasteiger partial charge in [-0.3, -0.25) is 0 Å². The molecule has 1 aromatic heterocycles. The van der Waals surface area contributed by atoms with Gasteiger partial charge in [0.1, 0.15) is 23.5 Å². The molecule has 1 N–H and O–H groups in total. The summed E-state index contributed by atoms with van der Waals surface area (Å²) >= 11 is 5.76. The third-order valence-corrected chi connectivity index (χ3v) is 5.44. The number of para-hydroxylation sites is 1. The van der Waals surface area contributed by atoms with Gasteiger partial charge in [0, 0.05) is 17.0 Å². The van der Waals surface area contributed by atoms with Gasteiger partial charge in [-0.1, -0.05) is 17.7 Å². The van der Waals surface area contributed by atoms with Crippen LogP contribution in [0.4, 0.5) is 10.2 Å². The molecule has 8 heteroatoms. The van der Waals surface area contributed by atoms with Gasteiger partial charge in [-0.05, 0) is 36.4 Å². The van der Waals surface area contributed by atoms with Crippen molar-refractivity contribution >= 4 is 38.2 Å². The molecule has 3 rings (SSSR count). The first kappa shape index (κ1) is 16.6. The van der Waals surface area contributed by atoms with Crippen LogP contribution in [-0.2, 0) is 9.84 Å². The molecule has 0 spiro atoms. The van der Waals surface area contributed by atoms with Gasteiger partial charge in [0.2, 0.25) is 0 Å². The van der Waals surface area contributed by atoms with E-state index in [-0.39, 0.29) is 22.7 Å². The van der Waals surface area contributed by atoms with E-state index in [2.05, 4.69) is 15.3 Å². The lowest BCUT2D eigenvalue weighted by molar-refractivity contribution is 0.596. The maximum absolute atomic E-state index is 13.7. The molecule has 124 valence electrons. The van der Waals surface area contributed by atoms with E-state index < -0.39 is 15.7 Å². The van der Waals surface area contributed by atoms with Crippen LogP contribution >= 0.6 is 11.6 Å². The minimum Gasteiger partial charge on any atom is -0.368 e. The van der Waals surface area contributed by atoms with Crippen LogP contribution in [0.25, 0.3) is 10.9 Å². The van der Waals surface area contributed by atoms with Crippen molar-refractivity contribution in [2.75, 3.05) is 17.6 Å². The molecule has 0 aliphatic heterocycles. The second-order valence-corrected chi connectivity index (χ2v) is 7.60. The maximum Gasteiger partial charge on any atom is 0.180 e. The smallest absolute Gasteiger partial charge is 0.180 e. The number of nitrogens with one attached hydrogen (secondary N) is 1. The first-order chi connectivity index (χ1) is 11.5. The number of sulfone groups is 1. The molecule has 2 aromatic carbocycles. The van der Waals surface area contributed by atoms with Gasteiger partial charge in [-0.25, -0.2) is 22.8 Å². The lowest BCUT2D eigenvalue weighted by atomic mass is 10.2. The zero-order valence-corrected chi connectivity index (χ0v) is 14.0. The molecule has 0 radical (unpaired) electrons. The Bertz CT molecular complexity index is 978. The summed E-state index contributed by atoms with van der Waals surface area (Å²) in [4.78, 5) is 8.15. The third kappa shape index (κ3) is 3.47. The average molecular weight is 366 g/mol. The zero-order chi connectivity index (χ0) is 17.2. The average Bonchev–Trinajstić information content (AvgIpc) is 2.56. The molecule has 0 atom stereocenters. The highest BCUT2D eigenvalue weighted by Crippen LogP contribution is 2.21. The Balaban J connectivity index is 1.75. The van der Waals surface area contributed by atoms with Crippen LogP contribution in [0.15, 0.2) is 53.7 Å². The number of fused-ring (bicyclic) bond motifs is 1. The summed E-state index contributed by atoms with van der Waals surface area (Å²) in [6.45, 7) is 0.133. The summed E-state index contributed by atoms with van der Waals surface area (Å²) in [7, 11) is -3.45. The predicted molar refractivity (Wildman–Crippen MR) is 91.5 cm³/mol. The fourth-order valence-corrected chi connectivity index (χ4v) is 3.54. The highest BCUT2D eigenvalue weighted by Gasteiger charge is 2.14. The van der Waals surface area contributed by atoms with Gasteiger partial charge in [-0.2, -0.15) is 0 Å². The Hall–Kier alpha value is -2.25. The van der Waals surface area contributed by atoms with Crippen molar-refractivity contribution in [3.05, 3.63) is 59.6 Å². The second kappa shape index (κ2) is 6.70. The van der Waals surface area contributed by atoms with Gasteiger partial charge in [0.15, 0.2) is 9.84 Å². The van der Waals surface area contributed by atoms with Gasteiger partial charge >= 0.3 is 0 Å². The summed E-state index contributed by atoms with van der Waals surface area (Å²) in [5.74, 6) is -0.187. The Morgan fingerprint density at radius 2 is 1.83 bits per heavy atom. The first-order valence-electron chi connectivity index (χ1n) is 7.09. The molecule has 0 fully saturated rings. The molecule has 24 heavy (non-hydrogen) atoms. The predicted octanol–water partition coefficient (Wildman–Crippen LogP) is 3.31. The van der Waals surface area contributed by atoms with E-state index in [9.17, 15) is 12.8 Å². The normalized spacial score (nSPS) is 11.6. The van der Waals surface area contributed by atoms with Crippen LogP contribution in [0.1, 0.15) is 0 Å². The second-order valence-electron chi connectivity index (χ2n) is 5.06. The lowest BCUT2D eigenvalue weighted by Crippen LogP contribution is -2.16. The standard InChI is InChI=1S/C16H13ClFN3O2S/c17-11-4-6-12(7-5-11)24(22,23)9-8-19-16-13-2-1-3-14(18)15(13)20-10-21-16/h1-7,10H,8-9H2,(H,19,20,21). The van der Waals surface area contributed by atoms with E-state index >= 15 is 0 Å². The topological polar surface area (TPSA) is 72.0 Å². The zero-order valence-electron chi connectivity index (χ0n) is 12.4. The van der Waals surface area contributed by atoms with Crippen molar-refractivity contribution < 1.29 is 12.8 Å². The molecule has 0 bridgehead atoms. The van der Waals surface area contributed by atoms with Gasteiger partial charge in [0.25, 0.3) is 0 Å². The van der Waals surface area contributed by atoms with Crippen molar-refractivity contribution in [1.29, 1.82) is 0 Å². The van der Waals surface area contributed by atoms with Crippen LogP contribution in [0.5, 0.6) is 0 Å². The number of benzene rings is 2. The number of anilines is 1. The highest BCUT2D eigenvalue weighted by atomic mass is 35.5. The van der Waals surface area contributed by atoms with E-state index in [0.717, 1.165) is 0 Å². The first-order valence-corrected chi connectivity index (χ1v) is 9.12. The molecule has 5 nitrogen and oxygen atoms in total. The minimum atomic E-state index is -3.45. The minimum absolute atomic E-state index is 0.130. The van der Waals surface area contributed by atoms with E-state index in [1.54, 1.807) is 12.1 Å². The fourth-order valence-electron chi connectivity index (χ4n) is 2.26. The molecule has 0 saturated carbocycles. The number of hydrogen-bond acceptors (Lipinski definition) is 5. The van der Waals surface area contributed by atoms with Gasteiger partial charge in [-0.15, -0.1) is 0 Å². The number of hydrogen-bond donors (Lipinski definition) is 1. The van der Waals surface area contributed by atoms with Crippen LogP contribution < -0.4 is 5.32 Å². The van der Waals surface area contributed by atoms with Gasteiger partial charge < -0.3 is 5.32 Å². The molecule has 0 unspecified atom stereocenters. The van der Waals surface area contributed by atoms with E-state index in [1.807, 2.05) is 0 Å². The molecule has 0 aliphatic rings. The quantitative estimate of drug-likeness (QED) is 0.751. The lowest BCUT2D eigenvalue weighted by Gasteiger charge is -2.09. The SMILES string of the molecule is O=S(=O)(CCNc1ncnc2c(F)cccc12)c1ccc(Cl)cc1. The number of rotatable bonds is 5. The largest absolute Gasteiger partial charge is 0.368 e. The van der Waals surface area contributed by atoms with Crippen molar-refractivity contribution in [3.63, 3.8) is 0 Å². The van der Waals surface area contributed by atoms with E-state index in [1.165, 1.54) is 36.7 Å². The molecule has 0 saturated heterocycles. The van der Waals surface area contributed by atoms with Crippen molar-refractivity contribution in [1.82, 2.24) is 9.97 Å². The van der Waals surface area contributed by atoms with Crippen molar-refractivity contribution in [2.24, 2.45) is 0 Å². The Morgan fingerprint density at radius 1 is 1.08 bits per heavy atom. The summed E-state index contributed by atoms with van der Waals surface area (Å²) in [5.41, 5.74) is 0.190. The monoisotopic (exact) mass is 365 g/mol. The Morgan fingerprint density at radius 3 is 2.58 bits per heavy atom. The number of halogens is 2. The van der Waals surface area contributed by atoms with E-state index in [4.69, 9.17) is 11.6 Å². The Kier molecular flexibility index (Phi) is 4.64. The molecule has 3 aromatic rings. The van der Waals surface area contributed by atoms with Gasteiger partial charge in [0.05, 0.1) is 10.6 Å². The highest BCUT2D eigenvalue weighted by molar-refractivity contribution is 7.91. The maximum atomic E-state index is 13.7. The number of nitrogens with zero attached hydrogens (tertiary/aromatic N) is 2. The number of aromatic nitrogens is 2. The molecular weight excluding hydrogens is 353 g/mol. The van der Waals surface area contributed by atoms with Crippen LogP contribution in [0.3, 0.4) is 0 Å². The van der Waals surface area contributed by atoms with Crippen LogP contribution in [-0.4, -0.2) is 30.7 Å². The fraction of sp³-hybridized carbons (Fsp3) is 0.125. The van der Waals surface area contributed by atoms with Crippen LogP contribution in [0.2, 0.25) is 5.02 Å². The summed E-state index contributed by atoms with van der Waals surface area (Å²) in [5, 5.41) is 3.90. The van der Waals surface area contributed by atoms with Crippen molar-refractivity contribution in [2.45, 2.75) is 4.90 Å². The summed E-state index contributed by atoms with van der Waals surface area (Å²) < 4.78 is 38.3. The third-order valence-electron chi connectivity index (χ3n) is 3.45. The molecule has 0 amide bonds. The van der Waals surface area contributed by atoms with Crippen molar-refractivity contribution in [3.8, 4) is 0 Å².